The molecular formula is C16H22N4. The second kappa shape index (κ2) is 5.02. The van der Waals surface area contributed by atoms with Crippen LogP contribution in [0, 0.1) is 27.7 Å². The van der Waals surface area contributed by atoms with Crippen LogP contribution in [0.4, 0.5) is 0 Å². The van der Waals surface area contributed by atoms with Crippen molar-refractivity contribution in [3.8, 4) is 5.82 Å². The van der Waals surface area contributed by atoms with Gasteiger partial charge in [-0.1, -0.05) is 0 Å². The second-order valence-electron chi connectivity index (χ2n) is 5.82. The quantitative estimate of drug-likeness (QED) is 0.929. The van der Waals surface area contributed by atoms with Gasteiger partial charge in [0.15, 0.2) is 0 Å². The summed E-state index contributed by atoms with van der Waals surface area (Å²) in [4.78, 5) is 9.16. The lowest BCUT2D eigenvalue weighted by Gasteiger charge is -2.15. The Morgan fingerprint density at radius 3 is 2.60 bits per heavy atom. The van der Waals surface area contributed by atoms with Crippen molar-refractivity contribution in [1.29, 1.82) is 0 Å². The van der Waals surface area contributed by atoms with E-state index in [1.54, 1.807) is 0 Å². The first-order valence-corrected chi connectivity index (χ1v) is 7.27. The summed E-state index contributed by atoms with van der Waals surface area (Å²) in [7, 11) is 0. The number of aromatic nitrogens is 3. The Morgan fingerprint density at radius 2 is 2.00 bits per heavy atom. The molecule has 1 aliphatic rings. The maximum atomic E-state index is 4.76. The molecule has 0 amide bonds. The molecule has 0 saturated heterocycles. The molecule has 2 aromatic rings. The third-order valence-electron chi connectivity index (χ3n) is 4.08. The topological polar surface area (TPSA) is 42.7 Å². The van der Waals surface area contributed by atoms with Gasteiger partial charge in [0.25, 0.3) is 0 Å². The second-order valence-corrected chi connectivity index (χ2v) is 5.82. The molecule has 1 saturated carbocycles. The molecule has 2 aromatic heterocycles. The van der Waals surface area contributed by atoms with Gasteiger partial charge in [-0.3, -0.25) is 4.57 Å². The number of pyridine rings is 1. The van der Waals surface area contributed by atoms with E-state index in [0.29, 0.717) is 6.04 Å². The van der Waals surface area contributed by atoms with Crippen LogP contribution < -0.4 is 5.32 Å². The molecule has 0 atom stereocenters. The van der Waals surface area contributed by atoms with Gasteiger partial charge in [-0.15, -0.1) is 0 Å². The van der Waals surface area contributed by atoms with Crippen LogP contribution in [0.25, 0.3) is 5.82 Å². The lowest BCUT2D eigenvalue weighted by atomic mass is 10.1. The maximum Gasteiger partial charge on any atom is 0.143 e. The summed E-state index contributed by atoms with van der Waals surface area (Å²) in [5.41, 5.74) is 5.86. The average molecular weight is 270 g/mol. The van der Waals surface area contributed by atoms with Crippen molar-refractivity contribution in [2.24, 2.45) is 0 Å². The van der Waals surface area contributed by atoms with E-state index in [9.17, 15) is 0 Å². The number of hydrogen-bond donors (Lipinski definition) is 1. The van der Waals surface area contributed by atoms with Gasteiger partial charge in [-0.2, -0.15) is 0 Å². The van der Waals surface area contributed by atoms with Crippen molar-refractivity contribution in [2.75, 3.05) is 0 Å². The van der Waals surface area contributed by atoms with Crippen molar-refractivity contribution >= 4 is 0 Å². The zero-order chi connectivity index (χ0) is 14.3. The predicted molar refractivity (Wildman–Crippen MR) is 80.2 cm³/mol. The van der Waals surface area contributed by atoms with Crippen LogP contribution in [0.15, 0.2) is 12.4 Å². The predicted octanol–water partition coefficient (Wildman–Crippen LogP) is 2.75. The SMILES string of the molecule is Cc1cc(C)c(CNC2CC2)c(-n2cnc(C)c2C)n1. The van der Waals surface area contributed by atoms with Crippen molar-refractivity contribution in [1.82, 2.24) is 19.9 Å². The molecule has 3 rings (SSSR count). The molecule has 1 aliphatic carbocycles. The Morgan fingerprint density at radius 1 is 1.25 bits per heavy atom. The third kappa shape index (κ3) is 2.48. The molecule has 0 radical (unpaired) electrons. The number of imidazole rings is 1. The fourth-order valence-electron chi connectivity index (χ4n) is 2.51. The minimum Gasteiger partial charge on any atom is -0.310 e. The summed E-state index contributed by atoms with van der Waals surface area (Å²) in [6, 6.07) is 2.86. The van der Waals surface area contributed by atoms with Crippen LogP contribution in [-0.4, -0.2) is 20.6 Å². The van der Waals surface area contributed by atoms with E-state index in [2.05, 4.69) is 34.8 Å². The van der Waals surface area contributed by atoms with Gasteiger partial charge in [-0.25, -0.2) is 9.97 Å². The highest BCUT2D eigenvalue weighted by Crippen LogP contribution is 2.23. The number of rotatable bonds is 4. The first-order valence-electron chi connectivity index (χ1n) is 7.27. The molecule has 1 N–H and O–H groups in total. The summed E-state index contributed by atoms with van der Waals surface area (Å²) < 4.78 is 2.11. The lowest BCUT2D eigenvalue weighted by Crippen LogP contribution is -2.19. The van der Waals surface area contributed by atoms with Gasteiger partial charge in [0, 0.05) is 29.5 Å². The van der Waals surface area contributed by atoms with Gasteiger partial charge in [0.2, 0.25) is 0 Å². The number of aryl methyl sites for hydroxylation is 3. The molecule has 1 fully saturated rings. The highest BCUT2D eigenvalue weighted by molar-refractivity contribution is 5.43. The maximum absolute atomic E-state index is 4.76. The molecule has 0 aromatic carbocycles. The first-order chi connectivity index (χ1) is 9.56. The minimum absolute atomic E-state index is 0.703. The molecular weight excluding hydrogens is 248 g/mol. The standard InChI is InChI=1S/C16H22N4/c1-10-7-11(2)19-16(15(10)8-17-14-5-6-14)20-9-18-12(3)13(20)4/h7,9,14,17H,5-6,8H2,1-4H3. The van der Waals surface area contributed by atoms with Crippen LogP contribution in [0.2, 0.25) is 0 Å². The molecule has 106 valence electrons. The molecule has 4 heteroatoms. The fraction of sp³-hybridized carbons (Fsp3) is 0.500. The van der Waals surface area contributed by atoms with E-state index in [-0.39, 0.29) is 0 Å². The molecule has 4 nitrogen and oxygen atoms in total. The van der Waals surface area contributed by atoms with Crippen LogP contribution in [0.1, 0.15) is 41.1 Å². The Balaban J connectivity index is 2.04. The number of hydrogen-bond acceptors (Lipinski definition) is 3. The summed E-state index contributed by atoms with van der Waals surface area (Å²) in [6.45, 7) is 9.24. The fourth-order valence-corrected chi connectivity index (χ4v) is 2.51. The first kappa shape index (κ1) is 13.3. The average Bonchev–Trinajstić information content (AvgIpc) is 3.15. The highest BCUT2D eigenvalue weighted by Gasteiger charge is 2.22. The monoisotopic (exact) mass is 270 g/mol. The molecule has 2 heterocycles. The van der Waals surface area contributed by atoms with Crippen LogP contribution in [0.5, 0.6) is 0 Å². The van der Waals surface area contributed by atoms with Crippen molar-refractivity contribution in [3.05, 3.63) is 40.6 Å². The van der Waals surface area contributed by atoms with Gasteiger partial charge < -0.3 is 5.32 Å². The third-order valence-corrected chi connectivity index (χ3v) is 4.08. The van der Waals surface area contributed by atoms with E-state index in [4.69, 9.17) is 4.98 Å². The van der Waals surface area contributed by atoms with Gasteiger partial charge in [0.1, 0.15) is 12.1 Å². The number of nitrogens with one attached hydrogen (secondary N) is 1. The molecule has 0 unspecified atom stereocenters. The molecule has 0 aliphatic heterocycles. The molecule has 20 heavy (non-hydrogen) atoms. The van der Waals surface area contributed by atoms with Crippen LogP contribution in [0.3, 0.4) is 0 Å². The van der Waals surface area contributed by atoms with E-state index in [0.717, 1.165) is 29.4 Å². The minimum atomic E-state index is 0.703. The van der Waals surface area contributed by atoms with E-state index in [1.807, 2.05) is 20.2 Å². The van der Waals surface area contributed by atoms with Crippen molar-refractivity contribution in [3.63, 3.8) is 0 Å². The Hall–Kier alpha value is -1.68. The zero-order valence-electron chi connectivity index (χ0n) is 12.7. The smallest absolute Gasteiger partial charge is 0.143 e. The normalized spacial score (nSPS) is 14.8. The Bertz CT molecular complexity index is 638. The Kier molecular flexibility index (Phi) is 3.34. The summed E-state index contributed by atoms with van der Waals surface area (Å²) in [6.07, 6.45) is 4.49. The van der Waals surface area contributed by atoms with Crippen molar-refractivity contribution < 1.29 is 0 Å². The lowest BCUT2D eigenvalue weighted by molar-refractivity contribution is 0.677. The Labute approximate surface area is 120 Å². The van der Waals surface area contributed by atoms with Gasteiger partial charge in [0.05, 0.1) is 5.69 Å². The zero-order valence-corrected chi connectivity index (χ0v) is 12.7. The number of nitrogens with zero attached hydrogens (tertiary/aromatic N) is 3. The highest BCUT2D eigenvalue weighted by atomic mass is 15.1. The van der Waals surface area contributed by atoms with Gasteiger partial charge >= 0.3 is 0 Å². The molecule has 0 bridgehead atoms. The van der Waals surface area contributed by atoms with Crippen LogP contribution >= 0.6 is 0 Å². The van der Waals surface area contributed by atoms with E-state index < -0.39 is 0 Å². The van der Waals surface area contributed by atoms with E-state index >= 15 is 0 Å². The van der Waals surface area contributed by atoms with Crippen molar-refractivity contribution in [2.45, 2.75) is 53.1 Å². The summed E-state index contributed by atoms with van der Waals surface area (Å²) in [5, 5.41) is 3.60. The van der Waals surface area contributed by atoms with Gasteiger partial charge in [-0.05, 0) is 52.2 Å². The van der Waals surface area contributed by atoms with Crippen LogP contribution in [-0.2, 0) is 6.54 Å². The summed E-state index contributed by atoms with van der Waals surface area (Å²) >= 11 is 0. The van der Waals surface area contributed by atoms with E-state index in [1.165, 1.54) is 24.0 Å². The largest absolute Gasteiger partial charge is 0.310 e. The molecule has 0 spiro atoms. The summed E-state index contributed by atoms with van der Waals surface area (Å²) in [5.74, 6) is 1.02.